The predicted octanol–water partition coefficient (Wildman–Crippen LogP) is 15.9. The Morgan fingerprint density at radius 2 is 0.806 bits per heavy atom. The van der Waals surface area contributed by atoms with Gasteiger partial charge in [-0.25, -0.2) is 0 Å². The van der Waals surface area contributed by atoms with Gasteiger partial charge < -0.3 is 14.4 Å². The van der Waals surface area contributed by atoms with Gasteiger partial charge in [0.15, 0.2) is 23.0 Å². The van der Waals surface area contributed by atoms with Gasteiger partial charge >= 0.3 is 0 Å². The lowest BCUT2D eigenvalue weighted by molar-refractivity contribution is 0.360. The van der Waals surface area contributed by atoms with Gasteiger partial charge in [0.05, 0.1) is 11.1 Å². The first-order chi connectivity index (χ1) is 30.7. The summed E-state index contributed by atoms with van der Waals surface area (Å²) >= 11 is 0. The molecule has 0 saturated heterocycles. The third-order valence-corrected chi connectivity index (χ3v) is 13.1. The Hall–Kier alpha value is -8.14. The predicted molar refractivity (Wildman–Crippen MR) is 252 cm³/mol. The van der Waals surface area contributed by atoms with Gasteiger partial charge in [-0.15, -0.1) is 0 Å². The molecule has 1 spiro atoms. The maximum absolute atomic E-state index is 7.16. The molecule has 290 valence electrons. The molecule has 2 aliphatic carbocycles. The maximum Gasteiger partial charge on any atom is 0.178 e. The van der Waals surface area contributed by atoms with Crippen LogP contribution in [0.15, 0.2) is 224 Å². The molecule has 0 radical (unpaired) electrons. The highest BCUT2D eigenvalue weighted by molar-refractivity contribution is 5.98. The summed E-state index contributed by atoms with van der Waals surface area (Å²) < 4.78 is 13.9. The summed E-state index contributed by atoms with van der Waals surface area (Å²) in [4.78, 5) is 2.31. The summed E-state index contributed by atoms with van der Waals surface area (Å²) in [6, 6.07) is 80.6. The van der Waals surface area contributed by atoms with Gasteiger partial charge in [-0.3, -0.25) is 0 Å². The second kappa shape index (κ2) is 13.4. The number of ether oxygens (including phenoxy) is 2. The number of hydrogen-bond acceptors (Lipinski definition) is 3. The lowest BCUT2D eigenvalue weighted by Gasteiger charge is -2.31. The lowest BCUT2D eigenvalue weighted by atomic mass is 9.70. The molecule has 10 aromatic carbocycles. The van der Waals surface area contributed by atoms with Crippen molar-refractivity contribution in [1.82, 2.24) is 0 Å². The molecule has 3 nitrogen and oxygen atoms in total. The van der Waals surface area contributed by atoms with Crippen LogP contribution in [0.4, 0.5) is 17.1 Å². The minimum absolute atomic E-state index is 0.470. The minimum atomic E-state index is -0.470. The van der Waals surface area contributed by atoms with E-state index in [9.17, 15) is 0 Å². The molecule has 0 unspecified atom stereocenters. The second-order valence-electron chi connectivity index (χ2n) is 16.4. The van der Waals surface area contributed by atoms with E-state index < -0.39 is 5.41 Å². The smallest absolute Gasteiger partial charge is 0.178 e. The second-order valence-corrected chi connectivity index (χ2v) is 16.4. The Kier molecular flexibility index (Phi) is 7.52. The first kappa shape index (κ1) is 34.7. The molecule has 0 fully saturated rings. The van der Waals surface area contributed by atoms with Crippen LogP contribution in [0.3, 0.4) is 0 Å². The monoisotopic (exact) mass is 791 g/mol. The fraction of sp³-hybridized carbons (Fsp3) is 0.0169. The average molecular weight is 792 g/mol. The van der Waals surface area contributed by atoms with Gasteiger partial charge in [-0.1, -0.05) is 176 Å². The SMILES string of the molecule is c1ccc(-c2ccc(-c3ccc(N(c4ccc5c(c4)Oc4c(ccc6c4-c4ccccc4C64c6ccccc6-c6ccccc64)O5)c4ccc5ccccc5c4)cc3)cc2)cc1. The highest BCUT2D eigenvalue weighted by Crippen LogP contribution is 2.66. The summed E-state index contributed by atoms with van der Waals surface area (Å²) in [6.45, 7) is 0. The van der Waals surface area contributed by atoms with E-state index >= 15 is 0 Å². The van der Waals surface area contributed by atoms with Gasteiger partial charge in [-0.05, 0) is 114 Å². The molecule has 0 saturated carbocycles. The van der Waals surface area contributed by atoms with Crippen LogP contribution in [0.1, 0.15) is 22.3 Å². The number of hydrogen-bond donors (Lipinski definition) is 0. The van der Waals surface area contributed by atoms with E-state index in [2.05, 4.69) is 223 Å². The highest BCUT2D eigenvalue weighted by Gasteiger charge is 2.53. The molecule has 0 amide bonds. The van der Waals surface area contributed by atoms with Crippen molar-refractivity contribution in [3.05, 3.63) is 247 Å². The minimum Gasteiger partial charge on any atom is -0.449 e. The van der Waals surface area contributed by atoms with E-state index in [0.29, 0.717) is 17.2 Å². The van der Waals surface area contributed by atoms with E-state index in [4.69, 9.17) is 9.47 Å². The van der Waals surface area contributed by atoms with Gasteiger partial charge in [0.1, 0.15) is 0 Å². The van der Waals surface area contributed by atoms with Crippen molar-refractivity contribution in [3.63, 3.8) is 0 Å². The zero-order valence-electron chi connectivity index (χ0n) is 33.6. The van der Waals surface area contributed by atoms with Crippen molar-refractivity contribution >= 4 is 27.8 Å². The normalized spacial score (nSPS) is 13.2. The summed E-state index contributed by atoms with van der Waals surface area (Å²) in [6.07, 6.45) is 0. The molecule has 1 heterocycles. The Morgan fingerprint density at radius 1 is 0.306 bits per heavy atom. The fourth-order valence-corrected chi connectivity index (χ4v) is 10.4. The quantitative estimate of drug-likeness (QED) is 0.173. The summed E-state index contributed by atoms with van der Waals surface area (Å²) in [5.74, 6) is 2.83. The standard InChI is InChI=1S/C59H37NO2/c1-2-12-38(13-3-1)40-22-24-41(25-23-40)42-26-29-44(30-27-42)60(45-31-28-39-14-4-5-15-43(39)36-45)46-32-34-54-56(37-46)62-58-55(61-54)35-33-53-57(58)49-18-8-11-21-52(49)59(53)50-19-9-6-16-47(50)48-17-7-10-20-51(48)59/h1-37H. The van der Waals surface area contributed by atoms with Gasteiger partial charge in [0.25, 0.3) is 0 Å². The van der Waals surface area contributed by atoms with E-state index in [1.54, 1.807) is 0 Å². The number of rotatable bonds is 5. The molecule has 0 aromatic heterocycles. The number of nitrogens with zero attached hydrogens (tertiary/aromatic N) is 1. The van der Waals surface area contributed by atoms with Crippen LogP contribution in [0, 0.1) is 0 Å². The molecule has 62 heavy (non-hydrogen) atoms. The zero-order valence-corrected chi connectivity index (χ0v) is 33.6. The largest absolute Gasteiger partial charge is 0.449 e. The van der Waals surface area contributed by atoms with Gasteiger partial charge in [0.2, 0.25) is 0 Å². The molecule has 10 aromatic rings. The Bertz CT molecular complexity index is 3360. The summed E-state index contributed by atoms with van der Waals surface area (Å²) in [7, 11) is 0. The van der Waals surface area contributed by atoms with Crippen molar-refractivity contribution in [1.29, 1.82) is 0 Å². The fourth-order valence-electron chi connectivity index (χ4n) is 10.4. The molecule has 13 rings (SSSR count). The van der Waals surface area contributed by atoms with Crippen molar-refractivity contribution in [2.24, 2.45) is 0 Å². The Labute approximate surface area is 360 Å². The number of benzene rings is 10. The molecular formula is C59H37NO2. The highest BCUT2D eigenvalue weighted by atomic mass is 16.6. The molecule has 3 aliphatic rings. The molecule has 0 atom stereocenters. The van der Waals surface area contributed by atoms with Crippen molar-refractivity contribution in [2.75, 3.05) is 4.90 Å². The lowest BCUT2D eigenvalue weighted by Crippen LogP contribution is -2.25. The van der Waals surface area contributed by atoms with Crippen LogP contribution in [0.25, 0.3) is 55.3 Å². The van der Waals surface area contributed by atoms with Gasteiger partial charge in [-0.2, -0.15) is 0 Å². The number of anilines is 3. The molecule has 3 heteroatoms. The van der Waals surface area contributed by atoms with Crippen LogP contribution in [-0.4, -0.2) is 0 Å². The van der Waals surface area contributed by atoms with Crippen molar-refractivity contribution in [2.45, 2.75) is 5.41 Å². The van der Waals surface area contributed by atoms with E-state index in [-0.39, 0.29) is 0 Å². The first-order valence-corrected chi connectivity index (χ1v) is 21.2. The third-order valence-electron chi connectivity index (χ3n) is 13.1. The average Bonchev–Trinajstić information content (AvgIpc) is 3.82. The van der Waals surface area contributed by atoms with E-state index in [0.717, 1.165) is 33.9 Å². The topological polar surface area (TPSA) is 21.7 Å². The molecule has 1 aliphatic heterocycles. The molecule has 0 bridgehead atoms. The van der Waals surface area contributed by atoms with Crippen LogP contribution >= 0.6 is 0 Å². The Morgan fingerprint density at radius 3 is 1.50 bits per heavy atom. The summed E-state index contributed by atoms with van der Waals surface area (Å²) in [5.41, 5.74) is 17.2. The van der Waals surface area contributed by atoms with E-state index in [1.165, 1.54) is 66.4 Å². The number of fused-ring (bicyclic) bond motifs is 14. The van der Waals surface area contributed by atoms with E-state index in [1.807, 2.05) is 6.07 Å². The van der Waals surface area contributed by atoms with Gasteiger partial charge in [0, 0.05) is 23.0 Å². The molecular weight excluding hydrogens is 755 g/mol. The first-order valence-electron chi connectivity index (χ1n) is 21.2. The van der Waals surface area contributed by atoms with Crippen molar-refractivity contribution < 1.29 is 9.47 Å². The molecule has 0 N–H and O–H groups in total. The Balaban J connectivity index is 0.921. The maximum atomic E-state index is 7.16. The van der Waals surface area contributed by atoms with Crippen LogP contribution in [-0.2, 0) is 5.41 Å². The third kappa shape index (κ3) is 5.06. The summed E-state index contributed by atoms with van der Waals surface area (Å²) in [5, 5.41) is 2.37. The zero-order chi connectivity index (χ0) is 40.8. The van der Waals surface area contributed by atoms with Crippen LogP contribution in [0.5, 0.6) is 23.0 Å². The van der Waals surface area contributed by atoms with Crippen LogP contribution < -0.4 is 14.4 Å². The van der Waals surface area contributed by atoms with Crippen molar-refractivity contribution in [3.8, 4) is 67.5 Å². The van der Waals surface area contributed by atoms with Crippen LogP contribution in [0.2, 0.25) is 0 Å².